The maximum absolute atomic E-state index is 13.2. The van der Waals surface area contributed by atoms with Gasteiger partial charge in [0.15, 0.2) is 6.04 Å². The van der Waals surface area contributed by atoms with E-state index in [1.54, 1.807) is 31.5 Å². The summed E-state index contributed by atoms with van der Waals surface area (Å²) < 4.78 is 6.01. The van der Waals surface area contributed by atoms with Gasteiger partial charge in [-0.1, -0.05) is 30.3 Å². The molecule has 3 amide bonds. The number of benzene rings is 1. The first-order chi connectivity index (χ1) is 17.8. The first-order valence-electron chi connectivity index (χ1n) is 11.9. The smallest absolute Gasteiger partial charge is 0.271 e. The predicted molar refractivity (Wildman–Crippen MR) is 140 cm³/mol. The van der Waals surface area contributed by atoms with Crippen LogP contribution in [0.4, 0.5) is 0 Å². The zero-order chi connectivity index (χ0) is 26.1. The van der Waals surface area contributed by atoms with Gasteiger partial charge in [0.25, 0.3) is 11.8 Å². The fourth-order valence-electron chi connectivity index (χ4n) is 4.13. The minimum absolute atomic E-state index is 0.228. The normalized spacial score (nSPS) is 26.2. The third kappa shape index (κ3) is 5.39. The highest BCUT2D eigenvalue weighted by molar-refractivity contribution is 7.10. The van der Waals surface area contributed by atoms with Crippen LogP contribution in [0.1, 0.15) is 69.4 Å². The van der Waals surface area contributed by atoms with Gasteiger partial charge in [-0.15, -0.1) is 22.7 Å². The van der Waals surface area contributed by atoms with E-state index >= 15 is 0 Å². The summed E-state index contributed by atoms with van der Waals surface area (Å²) in [6.07, 6.45) is -0.0994. The van der Waals surface area contributed by atoms with Crippen LogP contribution in [0.25, 0.3) is 0 Å². The van der Waals surface area contributed by atoms with Crippen molar-refractivity contribution in [2.45, 2.75) is 57.5 Å². The average molecular weight is 539 g/mol. The molecule has 0 saturated heterocycles. The van der Waals surface area contributed by atoms with E-state index in [1.807, 2.05) is 30.3 Å². The highest BCUT2D eigenvalue weighted by atomic mass is 32.1. The Bertz CT molecular complexity index is 1350. The van der Waals surface area contributed by atoms with E-state index in [-0.39, 0.29) is 23.2 Å². The lowest BCUT2D eigenvalue weighted by atomic mass is 10.1. The van der Waals surface area contributed by atoms with E-state index in [4.69, 9.17) is 4.74 Å². The number of thiazole rings is 2. The molecular weight excluding hydrogens is 512 g/mol. The number of ether oxygens (including phenoxy) is 1. The van der Waals surface area contributed by atoms with Crippen LogP contribution in [0.15, 0.2) is 46.1 Å². The summed E-state index contributed by atoms with van der Waals surface area (Å²) in [4.78, 5) is 52.6. The summed E-state index contributed by atoms with van der Waals surface area (Å²) in [6, 6.07) is 7.42. The van der Waals surface area contributed by atoms with Crippen LogP contribution >= 0.6 is 22.7 Å². The summed E-state index contributed by atoms with van der Waals surface area (Å²) in [7, 11) is 0. The molecule has 0 spiro atoms. The first-order valence-corrected chi connectivity index (χ1v) is 13.7. The molecule has 5 atom stereocenters. The van der Waals surface area contributed by atoms with E-state index < -0.39 is 36.2 Å². The van der Waals surface area contributed by atoms with Crippen molar-refractivity contribution in [3.63, 3.8) is 0 Å². The van der Waals surface area contributed by atoms with Gasteiger partial charge in [-0.25, -0.2) is 15.0 Å². The molecule has 1 aromatic carbocycles. The fourth-order valence-corrected chi connectivity index (χ4v) is 5.74. The molecule has 0 unspecified atom stereocenters. The Kier molecular flexibility index (Phi) is 7.02. The molecule has 10 nitrogen and oxygen atoms in total. The van der Waals surface area contributed by atoms with Gasteiger partial charge in [0.05, 0.1) is 12.1 Å². The van der Waals surface area contributed by atoms with Gasteiger partial charge in [0.1, 0.15) is 33.5 Å². The standard InChI is InChI=1S/C25H26N6O4S2/c1-12-24-30-18(11-37-24)21(33)28-16(9-15-7-5-4-6-8-15)23-31-19(14(3)35-23)22(34)27-13(2)25-29-17(10-36-25)20(32)26-12/h4-8,10-14,16,19H,9H2,1-3H3,(H,26,32)(H,27,34)(H,28,33)/t12-,13-,14-,16+,19+/m1/s1. The largest absolute Gasteiger partial charge is 0.474 e. The molecule has 2 aromatic heterocycles. The Morgan fingerprint density at radius 1 is 0.838 bits per heavy atom. The van der Waals surface area contributed by atoms with Crippen molar-refractivity contribution in [2.75, 3.05) is 0 Å². The molecule has 5 rings (SSSR count). The van der Waals surface area contributed by atoms with Crippen molar-refractivity contribution in [1.29, 1.82) is 0 Å². The summed E-state index contributed by atoms with van der Waals surface area (Å²) in [5.41, 5.74) is 1.46. The Hall–Kier alpha value is -3.64. The van der Waals surface area contributed by atoms with Gasteiger partial charge < -0.3 is 20.7 Å². The topological polar surface area (TPSA) is 135 Å². The SMILES string of the molecule is C[C@H]1NC(=O)c2csc(n2)[C@@H](C)NC(=O)[C@H]2N=C(O[C@@H]2C)[C@H](Cc2ccccc2)NC(=O)c2csc1n2. The summed E-state index contributed by atoms with van der Waals surface area (Å²) in [6.45, 7) is 5.38. The van der Waals surface area contributed by atoms with Gasteiger partial charge >= 0.3 is 0 Å². The lowest BCUT2D eigenvalue weighted by Crippen LogP contribution is -2.43. The summed E-state index contributed by atoms with van der Waals surface area (Å²) in [5.74, 6) is -0.773. The number of amides is 3. The Morgan fingerprint density at radius 3 is 2.08 bits per heavy atom. The number of nitrogens with zero attached hydrogens (tertiary/aromatic N) is 3. The van der Waals surface area contributed by atoms with Gasteiger partial charge in [-0.2, -0.15) is 0 Å². The van der Waals surface area contributed by atoms with Gasteiger partial charge in [0, 0.05) is 17.2 Å². The second-order valence-corrected chi connectivity index (χ2v) is 10.8. The van der Waals surface area contributed by atoms with Crippen molar-refractivity contribution >= 4 is 46.3 Å². The molecule has 3 aromatic rings. The molecule has 2 aliphatic rings. The first kappa shape index (κ1) is 25.0. The number of carbonyl (C=O) groups is 3. The van der Waals surface area contributed by atoms with E-state index in [0.717, 1.165) is 5.56 Å². The van der Waals surface area contributed by atoms with Crippen molar-refractivity contribution < 1.29 is 19.1 Å². The molecule has 0 aliphatic carbocycles. The van der Waals surface area contributed by atoms with Crippen molar-refractivity contribution in [3.8, 4) is 0 Å². The van der Waals surface area contributed by atoms with Crippen molar-refractivity contribution in [3.05, 3.63) is 68.1 Å². The molecule has 37 heavy (non-hydrogen) atoms. The van der Waals surface area contributed by atoms with E-state index in [0.29, 0.717) is 22.3 Å². The third-order valence-corrected chi connectivity index (χ3v) is 8.18. The molecule has 0 fully saturated rings. The second kappa shape index (κ2) is 10.4. The quantitative estimate of drug-likeness (QED) is 0.459. The number of hydrogen-bond acceptors (Lipinski definition) is 9. The molecule has 3 N–H and O–H groups in total. The lowest BCUT2D eigenvalue weighted by Gasteiger charge is -2.19. The number of nitrogens with one attached hydrogen (secondary N) is 3. The molecular formula is C25H26N6O4S2. The van der Waals surface area contributed by atoms with Crippen LogP contribution < -0.4 is 16.0 Å². The van der Waals surface area contributed by atoms with Gasteiger partial charge in [-0.3, -0.25) is 14.4 Å². The number of fused-ring (bicyclic) bond motifs is 5. The molecule has 0 saturated carbocycles. The minimum atomic E-state index is -0.791. The third-order valence-electron chi connectivity index (χ3n) is 6.13. The van der Waals surface area contributed by atoms with Crippen LogP contribution in [-0.4, -0.2) is 51.8 Å². The molecule has 4 heterocycles. The number of aromatic nitrogens is 2. The van der Waals surface area contributed by atoms with Crippen LogP contribution in [-0.2, 0) is 16.0 Å². The number of rotatable bonds is 2. The Morgan fingerprint density at radius 2 is 1.43 bits per heavy atom. The zero-order valence-corrected chi connectivity index (χ0v) is 22.1. The number of carbonyl (C=O) groups excluding carboxylic acids is 3. The average Bonchev–Trinajstić information content (AvgIpc) is 3.63. The van der Waals surface area contributed by atoms with Crippen molar-refractivity contribution in [2.24, 2.45) is 4.99 Å². The molecule has 2 aliphatic heterocycles. The van der Waals surface area contributed by atoms with Gasteiger partial charge in [-0.05, 0) is 26.3 Å². The van der Waals surface area contributed by atoms with Crippen LogP contribution in [0.3, 0.4) is 0 Å². The van der Waals surface area contributed by atoms with E-state index in [9.17, 15) is 14.4 Å². The van der Waals surface area contributed by atoms with Crippen LogP contribution in [0.2, 0.25) is 0 Å². The van der Waals surface area contributed by atoms with E-state index in [1.165, 1.54) is 22.7 Å². The predicted octanol–water partition coefficient (Wildman–Crippen LogP) is 2.81. The zero-order valence-electron chi connectivity index (χ0n) is 20.4. The maximum Gasteiger partial charge on any atom is 0.271 e. The number of aliphatic imine (C=N–C) groups is 1. The maximum atomic E-state index is 13.2. The monoisotopic (exact) mass is 538 g/mol. The Labute approximate surface area is 221 Å². The minimum Gasteiger partial charge on any atom is -0.474 e. The molecule has 192 valence electrons. The Balaban J connectivity index is 1.50. The molecule has 0 radical (unpaired) electrons. The van der Waals surface area contributed by atoms with Crippen LogP contribution in [0.5, 0.6) is 0 Å². The van der Waals surface area contributed by atoms with Crippen LogP contribution in [0, 0.1) is 0 Å². The van der Waals surface area contributed by atoms with Gasteiger partial charge in [0.2, 0.25) is 11.8 Å². The number of hydrogen-bond donors (Lipinski definition) is 3. The molecule has 6 bridgehead atoms. The second-order valence-electron chi connectivity index (χ2n) is 9.02. The highest BCUT2D eigenvalue weighted by Gasteiger charge is 2.38. The molecule has 12 heteroatoms. The highest BCUT2D eigenvalue weighted by Crippen LogP contribution is 2.24. The fraction of sp³-hybridized carbons (Fsp3) is 0.360. The van der Waals surface area contributed by atoms with E-state index in [2.05, 4.69) is 30.9 Å². The lowest BCUT2D eigenvalue weighted by molar-refractivity contribution is -0.124. The summed E-state index contributed by atoms with van der Waals surface area (Å²) in [5, 5.41) is 13.3. The summed E-state index contributed by atoms with van der Waals surface area (Å²) >= 11 is 2.58. The van der Waals surface area contributed by atoms with Crippen molar-refractivity contribution in [1.82, 2.24) is 25.9 Å².